The summed E-state index contributed by atoms with van der Waals surface area (Å²) in [6.07, 6.45) is 0.171. The van der Waals surface area contributed by atoms with Crippen LogP contribution in [-0.2, 0) is 4.79 Å². The molecule has 4 nitrogen and oxygen atoms in total. The van der Waals surface area contributed by atoms with E-state index < -0.39 is 6.10 Å². The number of rotatable bonds is 5. The number of piperazine rings is 1. The van der Waals surface area contributed by atoms with Crippen LogP contribution in [0, 0.1) is 6.92 Å². The molecule has 0 saturated carbocycles. The summed E-state index contributed by atoms with van der Waals surface area (Å²) in [6, 6.07) is 20.1. The number of nitrogens with zero attached hydrogens (tertiary/aromatic N) is 2. The van der Waals surface area contributed by atoms with E-state index in [1.54, 1.807) is 0 Å². The van der Waals surface area contributed by atoms with Crippen molar-refractivity contribution in [1.29, 1.82) is 0 Å². The molecule has 1 amide bonds. The molecule has 0 N–H and O–H groups in total. The van der Waals surface area contributed by atoms with E-state index >= 15 is 0 Å². The van der Waals surface area contributed by atoms with E-state index in [4.69, 9.17) is 16.3 Å². The monoisotopic (exact) mass is 422 g/mol. The van der Waals surface area contributed by atoms with Crippen LogP contribution < -0.4 is 9.64 Å². The Morgan fingerprint density at radius 2 is 1.73 bits per heavy atom. The van der Waals surface area contributed by atoms with Crippen LogP contribution in [0.5, 0.6) is 5.75 Å². The van der Waals surface area contributed by atoms with Crippen molar-refractivity contribution in [1.82, 2.24) is 4.90 Å². The van der Waals surface area contributed by atoms with Gasteiger partial charge in [0.1, 0.15) is 5.75 Å². The van der Waals surface area contributed by atoms with Crippen LogP contribution in [0.1, 0.15) is 18.9 Å². The fraction of sp³-hybridized carbons (Fsp3) is 0.320. The Morgan fingerprint density at radius 3 is 2.47 bits per heavy atom. The second-order valence-electron chi connectivity index (χ2n) is 7.77. The summed E-state index contributed by atoms with van der Waals surface area (Å²) in [5, 5.41) is 3.02. The Hall–Kier alpha value is -2.72. The number of aryl methyl sites for hydroxylation is 1. The maximum Gasteiger partial charge on any atom is 0.263 e. The lowest BCUT2D eigenvalue weighted by atomic mass is 10.1. The first-order valence-electron chi connectivity index (χ1n) is 10.5. The van der Waals surface area contributed by atoms with Gasteiger partial charge >= 0.3 is 0 Å². The number of carbonyl (C=O) groups excluding carboxylic acids is 1. The summed E-state index contributed by atoms with van der Waals surface area (Å²) in [6.45, 7) is 7.03. The maximum atomic E-state index is 13.1. The Morgan fingerprint density at radius 1 is 1.00 bits per heavy atom. The molecule has 3 aromatic carbocycles. The van der Waals surface area contributed by atoms with E-state index in [0.717, 1.165) is 40.3 Å². The first kappa shape index (κ1) is 20.5. The number of carbonyl (C=O) groups is 1. The number of fused-ring (bicyclic) bond motifs is 1. The van der Waals surface area contributed by atoms with Gasteiger partial charge in [-0.2, -0.15) is 0 Å². The molecular formula is C25H27ClN2O2. The summed E-state index contributed by atoms with van der Waals surface area (Å²) in [7, 11) is 0. The zero-order valence-corrected chi connectivity index (χ0v) is 18.2. The molecule has 1 saturated heterocycles. The highest BCUT2D eigenvalue weighted by Crippen LogP contribution is 2.26. The van der Waals surface area contributed by atoms with Gasteiger partial charge in [-0.05, 0) is 53.9 Å². The lowest BCUT2D eigenvalue weighted by molar-refractivity contribution is -0.139. The van der Waals surface area contributed by atoms with Crippen molar-refractivity contribution >= 4 is 34.0 Å². The predicted octanol–water partition coefficient (Wildman–Crippen LogP) is 5.31. The molecule has 0 aliphatic carbocycles. The molecule has 1 fully saturated rings. The van der Waals surface area contributed by atoms with E-state index in [2.05, 4.69) is 24.0 Å². The van der Waals surface area contributed by atoms with Crippen LogP contribution >= 0.6 is 11.6 Å². The lowest BCUT2D eigenvalue weighted by Gasteiger charge is -2.38. The molecule has 0 bridgehead atoms. The zero-order chi connectivity index (χ0) is 21.1. The van der Waals surface area contributed by atoms with Gasteiger partial charge in [-0.15, -0.1) is 0 Å². The summed E-state index contributed by atoms with van der Waals surface area (Å²) in [5.41, 5.74) is 2.35. The third kappa shape index (κ3) is 4.39. The van der Waals surface area contributed by atoms with Gasteiger partial charge in [0.2, 0.25) is 0 Å². The van der Waals surface area contributed by atoms with Gasteiger partial charge in [0.25, 0.3) is 5.91 Å². The van der Waals surface area contributed by atoms with Crippen LogP contribution in [0.3, 0.4) is 0 Å². The quantitative estimate of drug-likeness (QED) is 0.558. The van der Waals surface area contributed by atoms with Crippen molar-refractivity contribution in [2.45, 2.75) is 26.4 Å². The molecule has 1 atom stereocenters. The maximum absolute atomic E-state index is 13.1. The molecule has 1 aliphatic rings. The minimum Gasteiger partial charge on any atom is -0.481 e. The van der Waals surface area contributed by atoms with Gasteiger partial charge < -0.3 is 14.5 Å². The average molecular weight is 423 g/mol. The third-order valence-electron chi connectivity index (χ3n) is 5.75. The highest BCUT2D eigenvalue weighted by atomic mass is 35.5. The van der Waals surface area contributed by atoms with E-state index in [9.17, 15) is 4.79 Å². The largest absolute Gasteiger partial charge is 0.481 e. The summed E-state index contributed by atoms with van der Waals surface area (Å²) in [4.78, 5) is 17.3. The lowest BCUT2D eigenvalue weighted by Crippen LogP contribution is -2.52. The smallest absolute Gasteiger partial charge is 0.263 e. The molecule has 0 aromatic heterocycles. The second kappa shape index (κ2) is 8.97. The van der Waals surface area contributed by atoms with Gasteiger partial charge in [-0.25, -0.2) is 0 Å². The number of hydrogen-bond donors (Lipinski definition) is 0. The van der Waals surface area contributed by atoms with Gasteiger partial charge in [0.15, 0.2) is 6.10 Å². The second-order valence-corrected chi connectivity index (χ2v) is 8.20. The molecule has 0 spiro atoms. The van der Waals surface area contributed by atoms with Crippen LogP contribution in [-0.4, -0.2) is 43.1 Å². The topological polar surface area (TPSA) is 32.8 Å². The van der Waals surface area contributed by atoms with Crippen molar-refractivity contribution in [2.24, 2.45) is 0 Å². The molecule has 5 heteroatoms. The van der Waals surface area contributed by atoms with Crippen LogP contribution in [0.4, 0.5) is 5.69 Å². The van der Waals surface area contributed by atoms with Crippen LogP contribution in [0.15, 0.2) is 60.7 Å². The Bertz CT molecular complexity index is 1040. The van der Waals surface area contributed by atoms with Crippen molar-refractivity contribution in [3.63, 3.8) is 0 Å². The minimum atomic E-state index is -0.467. The van der Waals surface area contributed by atoms with Gasteiger partial charge in [-0.3, -0.25) is 4.79 Å². The summed E-state index contributed by atoms with van der Waals surface area (Å²) < 4.78 is 6.11. The molecule has 30 heavy (non-hydrogen) atoms. The molecule has 3 aromatic rings. The number of benzene rings is 3. The molecule has 156 valence electrons. The first-order chi connectivity index (χ1) is 14.5. The molecule has 0 unspecified atom stereocenters. The average Bonchev–Trinajstić information content (AvgIpc) is 2.78. The Balaban J connectivity index is 1.41. The molecule has 0 radical (unpaired) electrons. The van der Waals surface area contributed by atoms with Crippen LogP contribution in [0.25, 0.3) is 10.8 Å². The summed E-state index contributed by atoms with van der Waals surface area (Å²) >= 11 is 6.18. The predicted molar refractivity (Wildman–Crippen MR) is 124 cm³/mol. The fourth-order valence-electron chi connectivity index (χ4n) is 4.01. The normalized spacial score (nSPS) is 15.3. The minimum absolute atomic E-state index is 0.0631. The van der Waals surface area contributed by atoms with Gasteiger partial charge in [0, 0.05) is 36.9 Å². The molecule has 1 heterocycles. The van der Waals surface area contributed by atoms with E-state index in [1.807, 2.05) is 60.4 Å². The highest BCUT2D eigenvalue weighted by Gasteiger charge is 2.28. The van der Waals surface area contributed by atoms with Crippen molar-refractivity contribution in [3.8, 4) is 5.75 Å². The molecule has 4 rings (SSSR count). The third-order valence-corrected chi connectivity index (χ3v) is 5.98. The molecular weight excluding hydrogens is 396 g/mol. The zero-order valence-electron chi connectivity index (χ0n) is 17.5. The van der Waals surface area contributed by atoms with Crippen molar-refractivity contribution < 1.29 is 9.53 Å². The number of anilines is 1. The summed E-state index contributed by atoms with van der Waals surface area (Å²) in [5.74, 6) is 0.801. The van der Waals surface area contributed by atoms with Crippen molar-refractivity contribution in [2.75, 3.05) is 31.1 Å². The fourth-order valence-corrected chi connectivity index (χ4v) is 4.17. The van der Waals surface area contributed by atoms with E-state index in [0.29, 0.717) is 19.5 Å². The van der Waals surface area contributed by atoms with Crippen molar-refractivity contribution in [3.05, 3.63) is 71.2 Å². The van der Waals surface area contributed by atoms with E-state index in [-0.39, 0.29) is 5.91 Å². The van der Waals surface area contributed by atoms with E-state index in [1.165, 1.54) is 5.56 Å². The molecule has 1 aliphatic heterocycles. The number of hydrogen-bond acceptors (Lipinski definition) is 3. The number of amides is 1. The number of halogens is 1. The SMILES string of the molecule is CC[C@@H](Oc1ccc2ccccc2c1)C(=O)N1CCN(c2cc(Cl)ccc2C)CC1. The Labute approximate surface area is 183 Å². The highest BCUT2D eigenvalue weighted by molar-refractivity contribution is 6.30. The first-order valence-corrected chi connectivity index (χ1v) is 10.9. The van der Waals surface area contributed by atoms with Gasteiger partial charge in [-0.1, -0.05) is 54.9 Å². The standard InChI is InChI=1S/C25H27ClN2O2/c1-3-24(30-22-11-9-19-6-4-5-7-20(19)16-22)25(29)28-14-12-27(13-15-28)23-17-21(26)10-8-18(23)2/h4-11,16-17,24H,3,12-15H2,1-2H3/t24-/m1/s1. The van der Waals surface area contributed by atoms with Gasteiger partial charge in [0.05, 0.1) is 0 Å². The van der Waals surface area contributed by atoms with Crippen LogP contribution in [0.2, 0.25) is 5.02 Å². The Kier molecular flexibility index (Phi) is 6.14. The number of ether oxygens (including phenoxy) is 1.